The van der Waals surface area contributed by atoms with Crippen molar-refractivity contribution in [2.45, 2.75) is 20.1 Å². The van der Waals surface area contributed by atoms with Crippen molar-refractivity contribution in [1.29, 1.82) is 5.26 Å². The van der Waals surface area contributed by atoms with E-state index in [1.807, 2.05) is 19.9 Å². The van der Waals surface area contributed by atoms with E-state index >= 15 is 0 Å². The Balaban J connectivity index is 2.96. The van der Waals surface area contributed by atoms with Crippen molar-refractivity contribution in [3.63, 3.8) is 0 Å². The number of hydrogen-bond acceptors (Lipinski definition) is 6. The van der Waals surface area contributed by atoms with Crippen LogP contribution < -0.4 is 5.73 Å². The van der Waals surface area contributed by atoms with E-state index in [2.05, 4.69) is 9.97 Å². The van der Waals surface area contributed by atoms with Crippen molar-refractivity contribution in [2.75, 3.05) is 18.9 Å². The fourth-order valence-corrected chi connectivity index (χ4v) is 1.13. The van der Waals surface area contributed by atoms with Crippen molar-refractivity contribution < 1.29 is 9.47 Å². The van der Waals surface area contributed by atoms with E-state index in [1.54, 1.807) is 0 Å². The van der Waals surface area contributed by atoms with E-state index < -0.39 is 6.29 Å². The van der Waals surface area contributed by atoms with Crippen molar-refractivity contribution >= 4 is 5.82 Å². The standard InChI is InChI=1S/C10H14N4O2/c1-3-15-10(16-4-2)8-6-13-9(12)7(5-11)14-8/h6,10H,3-4H2,1-2H3,(H2,12,13). The molecular weight excluding hydrogens is 208 g/mol. The Labute approximate surface area is 94.0 Å². The molecule has 0 atom stereocenters. The van der Waals surface area contributed by atoms with Gasteiger partial charge < -0.3 is 15.2 Å². The zero-order chi connectivity index (χ0) is 12.0. The Morgan fingerprint density at radius 3 is 2.56 bits per heavy atom. The molecule has 0 fully saturated rings. The molecule has 1 aromatic rings. The lowest BCUT2D eigenvalue weighted by molar-refractivity contribution is -0.142. The van der Waals surface area contributed by atoms with Crippen LogP contribution in [0.1, 0.15) is 31.5 Å². The summed E-state index contributed by atoms with van der Waals surface area (Å²) in [7, 11) is 0. The molecule has 1 heterocycles. The molecule has 0 unspecified atom stereocenters. The maximum absolute atomic E-state index is 8.77. The molecule has 1 aromatic heterocycles. The zero-order valence-corrected chi connectivity index (χ0v) is 9.30. The molecule has 0 bridgehead atoms. The monoisotopic (exact) mass is 222 g/mol. The molecule has 6 nitrogen and oxygen atoms in total. The molecule has 0 aliphatic carbocycles. The highest BCUT2D eigenvalue weighted by atomic mass is 16.7. The van der Waals surface area contributed by atoms with Crippen LogP contribution in [0.4, 0.5) is 5.82 Å². The van der Waals surface area contributed by atoms with Gasteiger partial charge in [-0.25, -0.2) is 9.97 Å². The number of nitrogens with zero attached hydrogens (tertiary/aromatic N) is 3. The lowest BCUT2D eigenvalue weighted by Crippen LogP contribution is -2.12. The predicted octanol–water partition coefficient (Wildman–Crippen LogP) is 1.00. The molecule has 0 aliphatic rings. The van der Waals surface area contributed by atoms with Crippen LogP contribution in [0.2, 0.25) is 0 Å². The van der Waals surface area contributed by atoms with E-state index in [4.69, 9.17) is 20.5 Å². The Hall–Kier alpha value is -1.71. The summed E-state index contributed by atoms with van der Waals surface area (Å²) in [5, 5.41) is 8.77. The van der Waals surface area contributed by atoms with Crippen molar-refractivity contribution in [3.05, 3.63) is 17.6 Å². The molecule has 0 saturated carbocycles. The number of hydrogen-bond donors (Lipinski definition) is 1. The second kappa shape index (κ2) is 6.00. The first-order valence-electron chi connectivity index (χ1n) is 4.98. The lowest BCUT2D eigenvalue weighted by atomic mass is 10.3. The fourth-order valence-electron chi connectivity index (χ4n) is 1.13. The van der Waals surface area contributed by atoms with Crippen LogP contribution >= 0.6 is 0 Å². The van der Waals surface area contributed by atoms with E-state index in [1.165, 1.54) is 6.20 Å². The molecule has 0 radical (unpaired) electrons. The summed E-state index contributed by atoms with van der Waals surface area (Å²) < 4.78 is 10.7. The van der Waals surface area contributed by atoms with Crippen molar-refractivity contribution in [2.24, 2.45) is 0 Å². The number of aromatic nitrogens is 2. The second-order valence-electron chi connectivity index (χ2n) is 2.88. The average Bonchev–Trinajstić information content (AvgIpc) is 2.29. The van der Waals surface area contributed by atoms with Gasteiger partial charge in [-0.1, -0.05) is 0 Å². The second-order valence-corrected chi connectivity index (χ2v) is 2.88. The number of rotatable bonds is 5. The highest BCUT2D eigenvalue weighted by molar-refractivity contribution is 5.42. The van der Waals surface area contributed by atoms with E-state index in [9.17, 15) is 0 Å². The summed E-state index contributed by atoms with van der Waals surface area (Å²) in [6, 6.07) is 1.87. The number of ether oxygens (including phenoxy) is 2. The molecule has 86 valence electrons. The van der Waals surface area contributed by atoms with Crippen LogP contribution in [-0.4, -0.2) is 23.2 Å². The Morgan fingerprint density at radius 2 is 2.06 bits per heavy atom. The normalized spacial score (nSPS) is 10.4. The SMILES string of the molecule is CCOC(OCC)c1cnc(N)c(C#N)n1. The summed E-state index contributed by atoms with van der Waals surface area (Å²) in [5.74, 6) is 0.109. The largest absolute Gasteiger partial charge is 0.381 e. The summed E-state index contributed by atoms with van der Waals surface area (Å²) in [6.07, 6.45) is 0.849. The summed E-state index contributed by atoms with van der Waals surface area (Å²) in [5.41, 5.74) is 6.01. The molecule has 1 rings (SSSR count). The van der Waals surface area contributed by atoms with E-state index in [0.717, 1.165) is 0 Å². The number of nitriles is 1. The van der Waals surface area contributed by atoms with Gasteiger partial charge in [-0.15, -0.1) is 0 Å². The molecule has 16 heavy (non-hydrogen) atoms. The van der Waals surface area contributed by atoms with Gasteiger partial charge in [0.15, 0.2) is 11.5 Å². The first-order valence-corrected chi connectivity index (χ1v) is 4.98. The quantitative estimate of drug-likeness (QED) is 0.747. The lowest BCUT2D eigenvalue weighted by Gasteiger charge is -2.15. The summed E-state index contributed by atoms with van der Waals surface area (Å²) in [4.78, 5) is 7.90. The molecule has 2 N–H and O–H groups in total. The van der Waals surface area contributed by atoms with Crippen LogP contribution in [0.25, 0.3) is 0 Å². The number of anilines is 1. The minimum atomic E-state index is -0.602. The minimum Gasteiger partial charge on any atom is -0.381 e. The molecule has 0 amide bonds. The van der Waals surface area contributed by atoms with Gasteiger partial charge >= 0.3 is 0 Å². The molecule has 0 saturated heterocycles. The number of nitrogens with two attached hydrogens (primary N) is 1. The van der Waals surface area contributed by atoms with Gasteiger partial charge in [0.25, 0.3) is 0 Å². The molecular formula is C10H14N4O2. The third-order valence-electron chi connectivity index (χ3n) is 1.80. The molecule has 0 aliphatic heterocycles. The minimum absolute atomic E-state index is 0.0851. The van der Waals surface area contributed by atoms with E-state index in [-0.39, 0.29) is 11.5 Å². The fraction of sp³-hybridized carbons (Fsp3) is 0.500. The first-order chi connectivity index (χ1) is 7.72. The highest BCUT2D eigenvalue weighted by Crippen LogP contribution is 2.17. The Morgan fingerprint density at radius 1 is 1.44 bits per heavy atom. The maximum Gasteiger partial charge on any atom is 0.202 e. The molecule has 6 heteroatoms. The van der Waals surface area contributed by atoms with E-state index in [0.29, 0.717) is 18.9 Å². The van der Waals surface area contributed by atoms with Crippen LogP contribution in [0, 0.1) is 11.3 Å². The van der Waals surface area contributed by atoms with Crippen LogP contribution in [-0.2, 0) is 9.47 Å². The summed E-state index contributed by atoms with van der Waals surface area (Å²) in [6.45, 7) is 4.67. The van der Waals surface area contributed by atoms with Gasteiger partial charge in [-0.05, 0) is 13.8 Å². The highest BCUT2D eigenvalue weighted by Gasteiger charge is 2.15. The van der Waals surface area contributed by atoms with Crippen molar-refractivity contribution in [3.8, 4) is 6.07 Å². The van der Waals surface area contributed by atoms with Crippen LogP contribution in [0.5, 0.6) is 0 Å². The third kappa shape index (κ3) is 2.89. The maximum atomic E-state index is 8.77. The van der Waals surface area contributed by atoms with Crippen LogP contribution in [0.15, 0.2) is 6.20 Å². The third-order valence-corrected chi connectivity index (χ3v) is 1.80. The average molecular weight is 222 g/mol. The van der Waals surface area contributed by atoms with Gasteiger partial charge in [0.1, 0.15) is 11.8 Å². The topological polar surface area (TPSA) is 94.0 Å². The van der Waals surface area contributed by atoms with Crippen molar-refractivity contribution in [1.82, 2.24) is 9.97 Å². The number of nitrogen functional groups attached to an aromatic ring is 1. The first kappa shape index (κ1) is 12.4. The Kier molecular flexibility index (Phi) is 4.64. The van der Waals surface area contributed by atoms with Gasteiger partial charge in [0, 0.05) is 13.2 Å². The smallest absolute Gasteiger partial charge is 0.202 e. The summed E-state index contributed by atoms with van der Waals surface area (Å²) >= 11 is 0. The molecule has 0 spiro atoms. The van der Waals surface area contributed by atoms with Crippen LogP contribution in [0.3, 0.4) is 0 Å². The van der Waals surface area contributed by atoms with Gasteiger partial charge in [-0.2, -0.15) is 5.26 Å². The van der Waals surface area contributed by atoms with Gasteiger partial charge in [0.2, 0.25) is 6.29 Å². The van der Waals surface area contributed by atoms with Gasteiger partial charge in [-0.3, -0.25) is 0 Å². The zero-order valence-electron chi connectivity index (χ0n) is 9.30. The Bertz CT molecular complexity index is 383. The predicted molar refractivity (Wildman–Crippen MR) is 57.2 cm³/mol. The van der Waals surface area contributed by atoms with Gasteiger partial charge in [0.05, 0.1) is 6.20 Å². The molecule has 0 aromatic carbocycles.